The second kappa shape index (κ2) is 11.9. The first kappa shape index (κ1) is 30.0. The van der Waals surface area contributed by atoms with E-state index in [4.69, 9.17) is 4.42 Å². The summed E-state index contributed by atoms with van der Waals surface area (Å²) in [4.78, 5) is 2.39. The lowest BCUT2D eigenvalue weighted by Gasteiger charge is -2.27. The molecule has 0 spiro atoms. The molecule has 0 aliphatic carbocycles. The van der Waals surface area contributed by atoms with Crippen LogP contribution >= 0.6 is 11.3 Å². The van der Waals surface area contributed by atoms with Crippen LogP contribution in [-0.4, -0.2) is 0 Å². The topological polar surface area (TPSA) is 16.4 Å². The van der Waals surface area contributed by atoms with Crippen molar-refractivity contribution in [2.45, 2.75) is 0 Å². The third-order valence-electron chi connectivity index (χ3n) is 10.6. The van der Waals surface area contributed by atoms with Gasteiger partial charge >= 0.3 is 0 Å². The third kappa shape index (κ3) is 4.86. The molecule has 2 heterocycles. The Morgan fingerprint density at radius 2 is 1.08 bits per heavy atom. The van der Waals surface area contributed by atoms with E-state index >= 15 is 0 Å². The van der Waals surface area contributed by atoms with Crippen molar-refractivity contribution in [1.82, 2.24) is 0 Å². The van der Waals surface area contributed by atoms with Gasteiger partial charge in [-0.1, -0.05) is 127 Å². The Morgan fingerprint density at radius 3 is 1.96 bits per heavy atom. The van der Waals surface area contributed by atoms with Gasteiger partial charge in [-0.15, -0.1) is 11.3 Å². The number of rotatable bonds is 5. The molecule has 0 atom stereocenters. The average Bonchev–Trinajstić information content (AvgIpc) is 3.80. The molecule has 0 saturated heterocycles. The van der Waals surface area contributed by atoms with Crippen LogP contribution in [0.25, 0.3) is 85.9 Å². The minimum Gasteiger partial charge on any atom is -0.455 e. The van der Waals surface area contributed by atoms with E-state index in [9.17, 15) is 0 Å². The fourth-order valence-corrected chi connectivity index (χ4v) is 9.23. The summed E-state index contributed by atoms with van der Waals surface area (Å²) in [6.07, 6.45) is 0. The molecule has 0 bridgehead atoms. The maximum absolute atomic E-state index is 6.68. The van der Waals surface area contributed by atoms with Gasteiger partial charge in [0, 0.05) is 42.3 Å². The quantitative estimate of drug-likeness (QED) is 0.178. The molecule has 0 N–H and O–H groups in total. The summed E-state index contributed by atoms with van der Waals surface area (Å²) in [5.74, 6) is 0. The summed E-state index contributed by atoms with van der Waals surface area (Å²) in [5.41, 5.74) is 9.82. The molecule has 0 aliphatic rings. The fourth-order valence-electron chi connectivity index (χ4n) is 8.15. The highest BCUT2D eigenvalue weighted by Crippen LogP contribution is 2.46. The van der Waals surface area contributed by atoms with Gasteiger partial charge in [-0.2, -0.15) is 0 Å². The summed E-state index contributed by atoms with van der Waals surface area (Å²) in [6.45, 7) is 0. The van der Waals surface area contributed by atoms with Crippen LogP contribution in [0.15, 0.2) is 192 Å². The predicted octanol–water partition coefficient (Wildman–Crippen LogP) is 15.1. The maximum Gasteiger partial charge on any atom is 0.143 e. The minimum absolute atomic E-state index is 0.872. The summed E-state index contributed by atoms with van der Waals surface area (Å²) in [5, 5.41) is 9.61. The van der Waals surface area contributed by atoms with E-state index < -0.39 is 0 Å². The van der Waals surface area contributed by atoms with Crippen LogP contribution in [0.3, 0.4) is 0 Å². The third-order valence-corrected chi connectivity index (χ3v) is 11.8. The lowest BCUT2D eigenvalue weighted by molar-refractivity contribution is 0.672. The largest absolute Gasteiger partial charge is 0.455 e. The lowest BCUT2D eigenvalue weighted by Crippen LogP contribution is -2.10. The predicted molar refractivity (Wildman–Crippen MR) is 227 cm³/mol. The molecular formula is C50H31NOS. The lowest BCUT2D eigenvalue weighted by atomic mass is 9.97. The van der Waals surface area contributed by atoms with Gasteiger partial charge in [0.15, 0.2) is 0 Å². The van der Waals surface area contributed by atoms with Crippen LogP contribution in [0.2, 0.25) is 0 Å². The van der Waals surface area contributed by atoms with Gasteiger partial charge in [0.05, 0.1) is 11.1 Å². The number of anilines is 3. The van der Waals surface area contributed by atoms with E-state index in [2.05, 4.69) is 193 Å². The highest BCUT2D eigenvalue weighted by Gasteiger charge is 2.21. The molecule has 0 radical (unpaired) electrons. The molecule has 11 aromatic rings. The first-order valence-corrected chi connectivity index (χ1v) is 18.8. The van der Waals surface area contributed by atoms with E-state index in [-0.39, 0.29) is 0 Å². The summed E-state index contributed by atoms with van der Waals surface area (Å²) < 4.78 is 9.31. The molecule has 11 rings (SSSR count). The number of benzene rings is 9. The molecule has 0 fully saturated rings. The van der Waals surface area contributed by atoms with Gasteiger partial charge in [0.25, 0.3) is 0 Å². The van der Waals surface area contributed by atoms with Crippen LogP contribution in [-0.2, 0) is 0 Å². The zero-order valence-electron chi connectivity index (χ0n) is 28.7. The van der Waals surface area contributed by atoms with Crippen LogP contribution in [0.4, 0.5) is 17.1 Å². The number of nitrogens with zero attached hydrogens (tertiary/aromatic N) is 1. The molecule has 0 unspecified atom stereocenters. The number of hydrogen-bond donors (Lipinski definition) is 0. The number of hydrogen-bond acceptors (Lipinski definition) is 3. The van der Waals surface area contributed by atoms with Crippen molar-refractivity contribution >= 4 is 92.1 Å². The van der Waals surface area contributed by atoms with Crippen molar-refractivity contribution in [2.24, 2.45) is 0 Å². The van der Waals surface area contributed by atoms with E-state index in [0.29, 0.717) is 0 Å². The van der Waals surface area contributed by atoms with Gasteiger partial charge in [-0.3, -0.25) is 0 Å². The zero-order chi connectivity index (χ0) is 34.9. The van der Waals surface area contributed by atoms with Crippen molar-refractivity contribution in [1.29, 1.82) is 0 Å². The average molecular weight is 694 g/mol. The fraction of sp³-hybridized carbons (Fsp3) is 0. The highest BCUT2D eigenvalue weighted by atomic mass is 32.1. The van der Waals surface area contributed by atoms with Crippen molar-refractivity contribution in [2.75, 3.05) is 4.90 Å². The van der Waals surface area contributed by atoms with Gasteiger partial charge in [0.2, 0.25) is 0 Å². The summed E-state index contributed by atoms with van der Waals surface area (Å²) in [7, 11) is 0. The normalized spacial score (nSPS) is 11.8. The van der Waals surface area contributed by atoms with Crippen molar-refractivity contribution in [3.05, 3.63) is 188 Å². The Kier molecular flexibility index (Phi) is 6.76. The van der Waals surface area contributed by atoms with Gasteiger partial charge in [-0.05, 0) is 99.1 Å². The zero-order valence-corrected chi connectivity index (χ0v) is 29.5. The Labute approximate surface area is 310 Å². The summed E-state index contributed by atoms with van der Waals surface area (Å²) >= 11 is 1.85. The highest BCUT2D eigenvalue weighted by molar-refractivity contribution is 7.25. The van der Waals surface area contributed by atoms with Crippen LogP contribution in [0, 0.1) is 0 Å². The van der Waals surface area contributed by atoms with E-state index in [1.165, 1.54) is 58.6 Å². The molecule has 53 heavy (non-hydrogen) atoms. The van der Waals surface area contributed by atoms with Gasteiger partial charge < -0.3 is 9.32 Å². The molecule has 0 aliphatic heterocycles. The minimum atomic E-state index is 0.872. The van der Waals surface area contributed by atoms with Gasteiger partial charge in [-0.25, -0.2) is 0 Å². The first-order valence-electron chi connectivity index (χ1n) is 18.0. The van der Waals surface area contributed by atoms with Crippen molar-refractivity contribution in [3.8, 4) is 22.3 Å². The Morgan fingerprint density at radius 1 is 0.396 bits per heavy atom. The second-order valence-corrected chi connectivity index (χ2v) is 14.8. The van der Waals surface area contributed by atoms with E-state index in [0.717, 1.165) is 44.4 Å². The van der Waals surface area contributed by atoms with Crippen LogP contribution in [0.1, 0.15) is 0 Å². The Balaban J connectivity index is 1.11. The maximum atomic E-state index is 6.68. The molecule has 0 amide bonds. The molecule has 9 aromatic carbocycles. The standard InChI is InChI=1S/C50H31NOS/c1-3-15-39-32(10-1)12-8-18-40(39)34-22-26-37(27-23-34)51(45-19-9-20-46-49(45)43-28-24-33-11-2-4-16-41(33)50(43)52-46)38-14-7-13-35(30-38)36-25-29-48-44(31-36)42-17-5-6-21-47(42)53-48/h1-31H. The monoisotopic (exact) mass is 693 g/mol. The number of furan rings is 1. The summed E-state index contributed by atoms with van der Waals surface area (Å²) in [6, 6.07) is 68.0. The molecule has 248 valence electrons. The molecule has 2 aromatic heterocycles. The smallest absolute Gasteiger partial charge is 0.143 e. The van der Waals surface area contributed by atoms with E-state index in [1.807, 2.05) is 11.3 Å². The van der Waals surface area contributed by atoms with Crippen LogP contribution in [0.5, 0.6) is 0 Å². The van der Waals surface area contributed by atoms with Gasteiger partial charge in [0.1, 0.15) is 11.2 Å². The molecule has 2 nitrogen and oxygen atoms in total. The van der Waals surface area contributed by atoms with Crippen molar-refractivity contribution in [3.63, 3.8) is 0 Å². The SMILES string of the molecule is c1cc(-c2ccc3sc4ccccc4c3c2)cc(N(c2ccc(-c3cccc4ccccc34)cc2)c2cccc3oc4c5ccccc5ccc4c23)c1. The first-order chi connectivity index (χ1) is 26.3. The Hall–Kier alpha value is -6.68. The molecule has 0 saturated carbocycles. The second-order valence-electron chi connectivity index (χ2n) is 13.7. The Bertz CT molecular complexity index is 3180. The van der Waals surface area contributed by atoms with Crippen LogP contribution < -0.4 is 4.90 Å². The van der Waals surface area contributed by atoms with Crippen molar-refractivity contribution < 1.29 is 4.42 Å². The van der Waals surface area contributed by atoms with E-state index in [1.54, 1.807) is 0 Å². The number of fused-ring (bicyclic) bond motifs is 9. The molecular weight excluding hydrogens is 663 g/mol. The molecule has 3 heteroatoms. The number of thiophene rings is 1.